The molecule has 4 nitrogen and oxygen atoms in total. The van der Waals surface area contributed by atoms with Gasteiger partial charge in [0.1, 0.15) is 0 Å². The number of hydrogen-bond acceptors (Lipinski definition) is 4. The Balaban J connectivity index is 2.25. The molecule has 1 amide bonds. The van der Waals surface area contributed by atoms with Crippen LogP contribution in [0.3, 0.4) is 0 Å². The molecule has 0 spiro atoms. The Bertz CT molecular complexity index is 644. The standard InChI is InChI=1S/C16H19F2NO3S/c1-8(2)11-6-12-13(22-16(17,18)21-12)7-14(11)23-10(5)19-15(20)9(3)4/h6-9H,5H2,1-4H3,(H,19,20). The van der Waals surface area contributed by atoms with Crippen LogP contribution in [0, 0.1) is 5.92 Å². The lowest BCUT2D eigenvalue weighted by molar-refractivity contribution is -0.286. The van der Waals surface area contributed by atoms with E-state index in [1.807, 2.05) is 13.8 Å². The number of alkyl halides is 2. The maximum absolute atomic E-state index is 13.2. The zero-order valence-electron chi connectivity index (χ0n) is 13.4. The fourth-order valence-corrected chi connectivity index (χ4v) is 2.97. The second-order valence-electron chi connectivity index (χ2n) is 5.83. The number of amides is 1. The first-order chi connectivity index (χ1) is 10.6. The molecule has 1 N–H and O–H groups in total. The van der Waals surface area contributed by atoms with Crippen LogP contribution in [0.15, 0.2) is 28.6 Å². The lowest BCUT2D eigenvalue weighted by Gasteiger charge is -2.15. The number of fused-ring (bicyclic) bond motifs is 1. The minimum atomic E-state index is -3.65. The van der Waals surface area contributed by atoms with Gasteiger partial charge in [0.15, 0.2) is 11.5 Å². The van der Waals surface area contributed by atoms with E-state index in [9.17, 15) is 13.6 Å². The molecule has 0 aromatic heterocycles. The summed E-state index contributed by atoms with van der Waals surface area (Å²) in [4.78, 5) is 12.4. The van der Waals surface area contributed by atoms with Gasteiger partial charge in [0.2, 0.25) is 5.91 Å². The van der Waals surface area contributed by atoms with E-state index in [2.05, 4.69) is 21.4 Å². The van der Waals surface area contributed by atoms with Crippen LogP contribution in [0.5, 0.6) is 11.5 Å². The molecule has 0 unspecified atom stereocenters. The highest BCUT2D eigenvalue weighted by molar-refractivity contribution is 8.03. The summed E-state index contributed by atoms with van der Waals surface area (Å²) >= 11 is 1.20. The van der Waals surface area contributed by atoms with Crippen molar-refractivity contribution in [3.05, 3.63) is 29.3 Å². The fourth-order valence-electron chi connectivity index (χ4n) is 1.97. The molecule has 1 aromatic rings. The maximum atomic E-state index is 13.2. The fraction of sp³-hybridized carbons (Fsp3) is 0.438. The van der Waals surface area contributed by atoms with Crippen molar-refractivity contribution >= 4 is 17.7 Å². The Morgan fingerprint density at radius 2 is 1.78 bits per heavy atom. The molecule has 126 valence electrons. The van der Waals surface area contributed by atoms with Crippen molar-refractivity contribution in [1.82, 2.24) is 5.32 Å². The highest BCUT2D eigenvalue weighted by Gasteiger charge is 2.44. The van der Waals surface area contributed by atoms with Crippen molar-refractivity contribution in [2.75, 3.05) is 0 Å². The van der Waals surface area contributed by atoms with E-state index in [-0.39, 0.29) is 29.2 Å². The molecule has 1 aliphatic heterocycles. The normalized spacial score (nSPS) is 15.1. The number of hydrogen-bond donors (Lipinski definition) is 1. The molecule has 1 heterocycles. The van der Waals surface area contributed by atoms with Crippen LogP contribution in [0.4, 0.5) is 8.78 Å². The second-order valence-corrected chi connectivity index (χ2v) is 6.96. The van der Waals surface area contributed by atoms with Crippen LogP contribution in [0.1, 0.15) is 39.2 Å². The van der Waals surface area contributed by atoms with Crippen molar-refractivity contribution in [2.24, 2.45) is 5.92 Å². The topological polar surface area (TPSA) is 47.6 Å². The van der Waals surface area contributed by atoms with Crippen LogP contribution >= 0.6 is 11.8 Å². The first kappa shape index (κ1) is 17.6. The van der Waals surface area contributed by atoms with E-state index in [0.717, 1.165) is 5.56 Å². The van der Waals surface area contributed by atoms with E-state index in [1.165, 1.54) is 17.8 Å². The lowest BCUT2D eigenvalue weighted by Crippen LogP contribution is -2.25. The van der Waals surface area contributed by atoms with Gasteiger partial charge in [-0.05, 0) is 23.6 Å². The van der Waals surface area contributed by atoms with E-state index in [4.69, 9.17) is 0 Å². The molecule has 1 aliphatic rings. The van der Waals surface area contributed by atoms with E-state index in [0.29, 0.717) is 9.92 Å². The molecule has 0 saturated carbocycles. The Morgan fingerprint density at radius 3 is 2.30 bits per heavy atom. The number of rotatable bonds is 5. The smallest absolute Gasteiger partial charge is 0.395 e. The zero-order chi connectivity index (χ0) is 17.4. The molecule has 0 radical (unpaired) electrons. The summed E-state index contributed by atoms with van der Waals surface area (Å²) in [5.41, 5.74) is 0.815. The number of nitrogens with one attached hydrogen (secondary N) is 1. The largest absolute Gasteiger partial charge is 0.586 e. The molecular formula is C16H19F2NO3S. The predicted octanol–water partition coefficient (Wildman–Crippen LogP) is 4.47. The number of carbonyl (C=O) groups excluding carboxylic acids is 1. The molecule has 2 rings (SSSR count). The highest BCUT2D eigenvalue weighted by Crippen LogP contribution is 2.46. The minimum Gasteiger partial charge on any atom is -0.395 e. The van der Waals surface area contributed by atoms with Gasteiger partial charge in [-0.25, -0.2) is 0 Å². The monoisotopic (exact) mass is 343 g/mol. The van der Waals surface area contributed by atoms with Crippen LogP contribution in [0.25, 0.3) is 0 Å². The summed E-state index contributed by atoms with van der Waals surface area (Å²) in [5.74, 6) is -0.257. The zero-order valence-corrected chi connectivity index (χ0v) is 14.2. The van der Waals surface area contributed by atoms with Gasteiger partial charge in [0.25, 0.3) is 0 Å². The molecule has 0 bridgehead atoms. The molecule has 0 fully saturated rings. The Hall–Kier alpha value is -1.76. The van der Waals surface area contributed by atoms with Crippen LogP contribution < -0.4 is 14.8 Å². The molecule has 1 aromatic carbocycles. The van der Waals surface area contributed by atoms with Crippen molar-refractivity contribution < 1.29 is 23.0 Å². The average molecular weight is 343 g/mol. The second kappa shape index (κ2) is 6.39. The van der Waals surface area contributed by atoms with Gasteiger partial charge >= 0.3 is 6.29 Å². The summed E-state index contributed by atoms with van der Waals surface area (Å²) in [6.07, 6.45) is -3.65. The highest BCUT2D eigenvalue weighted by atomic mass is 32.2. The third kappa shape index (κ3) is 4.16. The number of thioether (sulfide) groups is 1. The summed E-state index contributed by atoms with van der Waals surface area (Å²) in [7, 11) is 0. The molecule has 0 saturated heterocycles. The SMILES string of the molecule is C=C(NC(=O)C(C)C)Sc1cc2c(cc1C(C)C)OC(F)(F)O2. The van der Waals surface area contributed by atoms with Crippen LogP contribution in [-0.2, 0) is 4.79 Å². The van der Waals surface area contributed by atoms with Gasteiger partial charge in [0, 0.05) is 10.8 Å². The molecule has 0 aliphatic carbocycles. The van der Waals surface area contributed by atoms with Gasteiger partial charge in [0.05, 0.1) is 5.03 Å². The molecular weight excluding hydrogens is 324 g/mol. The van der Waals surface area contributed by atoms with Crippen LogP contribution in [-0.4, -0.2) is 12.2 Å². The van der Waals surface area contributed by atoms with Crippen molar-refractivity contribution in [3.8, 4) is 11.5 Å². The summed E-state index contributed by atoms with van der Waals surface area (Å²) in [5, 5.41) is 3.11. The quantitative estimate of drug-likeness (QED) is 0.802. The maximum Gasteiger partial charge on any atom is 0.586 e. The minimum absolute atomic E-state index is 0.0138. The summed E-state index contributed by atoms with van der Waals surface area (Å²) in [6, 6.07) is 3.03. The molecule has 7 heteroatoms. The van der Waals surface area contributed by atoms with Gasteiger partial charge in [-0.3, -0.25) is 4.79 Å². The third-order valence-electron chi connectivity index (χ3n) is 3.18. The number of carbonyl (C=O) groups is 1. The van der Waals surface area contributed by atoms with Gasteiger partial charge < -0.3 is 14.8 Å². The van der Waals surface area contributed by atoms with E-state index >= 15 is 0 Å². The number of halogens is 2. The van der Waals surface area contributed by atoms with Crippen LogP contribution in [0.2, 0.25) is 0 Å². The molecule has 23 heavy (non-hydrogen) atoms. The molecule has 0 atom stereocenters. The van der Waals surface area contributed by atoms with Gasteiger partial charge in [-0.1, -0.05) is 46.0 Å². The lowest BCUT2D eigenvalue weighted by atomic mass is 10.0. The first-order valence-corrected chi connectivity index (χ1v) is 8.02. The Morgan fingerprint density at radius 1 is 1.22 bits per heavy atom. The number of ether oxygens (including phenoxy) is 2. The van der Waals surface area contributed by atoms with Gasteiger partial charge in [-0.15, -0.1) is 8.78 Å². The van der Waals surface area contributed by atoms with Gasteiger partial charge in [-0.2, -0.15) is 0 Å². The summed E-state index contributed by atoms with van der Waals surface area (Å²) < 4.78 is 35.4. The van der Waals surface area contributed by atoms with E-state index in [1.54, 1.807) is 19.9 Å². The van der Waals surface area contributed by atoms with Crippen molar-refractivity contribution in [3.63, 3.8) is 0 Å². The Labute approximate surface area is 138 Å². The predicted molar refractivity (Wildman–Crippen MR) is 84.7 cm³/mol. The Kier molecular flexibility index (Phi) is 4.89. The van der Waals surface area contributed by atoms with Crippen molar-refractivity contribution in [1.29, 1.82) is 0 Å². The van der Waals surface area contributed by atoms with E-state index < -0.39 is 6.29 Å². The summed E-state index contributed by atoms with van der Waals surface area (Å²) in [6.45, 7) is 11.2. The van der Waals surface area contributed by atoms with Crippen molar-refractivity contribution in [2.45, 2.75) is 44.8 Å². The average Bonchev–Trinajstić information content (AvgIpc) is 2.70. The first-order valence-electron chi connectivity index (χ1n) is 7.20. The third-order valence-corrected chi connectivity index (χ3v) is 4.10. The number of benzene rings is 1.